The van der Waals surface area contributed by atoms with Crippen LogP contribution in [-0.2, 0) is 14.8 Å². The lowest BCUT2D eigenvalue weighted by Crippen LogP contribution is -2.16. The first-order chi connectivity index (χ1) is 21.6. The van der Waals surface area contributed by atoms with Crippen molar-refractivity contribution in [2.24, 2.45) is 0 Å². The van der Waals surface area contributed by atoms with Crippen molar-refractivity contribution in [2.45, 2.75) is 24.7 Å². The Hall–Kier alpha value is -5.75. The van der Waals surface area contributed by atoms with Gasteiger partial charge in [0.2, 0.25) is 5.88 Å². The number of hydrogen-bond acceptors (Lipinski definition) is 8. The molecule has 0 radical (unpaired) electrons. The Bertz CT molecular complexity index is 2140. The third kappa shape index (κ3) is 5.66. The van der Waals surface area contributed by atoms with Crippen molar-refractivity contribution in [1.82, 2.24) is 9.78 Å². The van der Waals surface area contributed by atoms with Crippen LogP contribution in [0, 0.1) is 17.0 Å². The van der Waals surface area contributed by atoms with Gasteiger partial charge in [0.25, 0.3) is 15.7 Å². The maximum atomic E-state index is 13.7. The number of nitro groups is 1. The van der Waals surface area contributed by atoms with Gasteiger partial charge in [0.05, 0.1) is 38.4 Å². The molecule has 0 bridgehead atoms. The summed E-state index contributed by atoms with van der Waals surface area (Å²) < 4.78 is 43.9. The van der Waals surface area contributed by atoms with Crippen molar-refractivity contribution in [2.75, 3.05) is 4.72 Å². The number of fused-ring (bicyclic) bond motifs is 1. The van der Waals surface area contributed by atoms with Gasteiger partial charge in [-0.1, -0.05) is 60.7 Å². The Morgan fingerprint density at radius 1 is 0.933 bits per heavy atom. The Balaban J connectivity index is 1.60. The Kier molecular flexibility index (Phi) is 7.65. The van der Waals surface area contributed by atoms with Crippen molar-refractivity contribution < 1.29 is 27.3 Å². The van der Waals surface area contributed by atoms with Gasteiger partial charge in [-0.25, -0.2) is 13.1 Å². The van der Waals surface area contributed by atoms with Crippen molar-refractivity contribution in [3.63, 3.8) is 0 Å². The first kappa shape index (κ1) is 29.3. The Morgan fingerprint density at radius 3 is 2.20 bits per heavy atom. The molecule has 0 spiro atoms. The zero-order chi connectivity index (χ0) is 31.7. The van der Waals surface area contributed by atoms with Crippen LogP contribution in [0.15, 0.2) is 119 Å². The van der Waals surface area contributed by atoms with E-state index in [0.29, 0.717) is 27.9 Å². The van der Waals surface area contributed by atoms with E-state index >= 15 is 0 Å². The van der Waals surface area contributed by atoms with Crippen molar-refractivity contribution in [3.8, 4) is 11.6 Å². The van der Waals surface area contributed by atoms with Crippen LogP contribution in [0.1, 0.15) is 35.4 Å². The Morgan fingerprint density at radius 2 is 1.56 bits per heavy atom. The van der Waals surface area contributed by atoms with Crippen LogP contribution >= 0.6 is 0 Å². The quantitative estimate of drug-likeness (QED) is 0.106. The zero-order valence-corrected chi connectivity index (χ0v) is 24.9. The SMILES string of the molecule is CC(=O)Oc1c(C(c2ccccc2)c2oc3ccccc3c2NS(=O)(=O)c2ccc([N+](=O)[O-])cc2)c(C)nn1-c1ccccc1. The van der Waals surface area contributed by atoms with Gasteiger partial charge in [0.15, 0.2) is 0 Å². The van der Waals surface area contributed by atoms with E-state index in [1.807, 2.05) is 60.7 Å². The number of non-ortho nitro benzene ring substituents is 1. The number of carbonyl (C=O) groups is 1. The monoisotopic (exact) mass is 622 g/mol. The van der Waals surface area contributed by atoms with Gasteiger partial charge in [-0.05, 0) is 48.9 Å². The van der Waals surface area contributed by atoms with Gasteiger partial charge < -0.3 is 9.15 Å². The minimum atomic E-state index is -4.25. The third-order valence-electron chi connectivity index (χ3n) is 7.20. The van der Waals surface area contributed by atoms with E-state index in [1.165, 1.54) is 23.7 Å². The van der Waals surface area contributed by atoms with Crippen LogP contribution in [0.5, 0.6) is 5.88 Å². The number of ether oxygens (including phenoxy) is 1. The maximum Gasteiger partial charge on any atom is 0.309 e. The normalized spacial score (nSPS) is 12.1. The van der Waals surface area contributed by atoms with E-state index in [-0.39, 0.29) is 27.9 Å². The van der Waals surface area contributed by atoms with Gasteiger partial charge in [0.1, 0.15) is 11.3 Å². The molecule has 4 aromatic carbocycles. The third-order valence-corrected chi connectivity index (χ3v) is 8.57. The molecule has 0 amide bonds. The second-order valence-corrected chi connectivity index (χ2v) is 11.9. The highest BCUT2D eigenvalue weighted by atomic mass is 32.2. The number of para-hydroxylation sites is 2. The highest BCUT2D eigenvalue weighted by molar-refractivity contribution is 7.92. The summed E-state index contributed by atoms with van der Waals surface area (Å²) in [6, 6.07) is 30.0. The molecule has 1 atom stereocenters. The number of esters is 1. The lowest BCUT2D eigenvalue weighted by Gasteiger charge is -2.19. The lowest BCUT2D eigenvalue weighted by atomic mass is 9.88. The molecule has 6 rings (SSSR count). The Labute approximate surface area is 257 Å². The summed E-state index contributed by atoms with van der Waals surface area (Å²) in [4.78, 5) is 22.8. The van der Waals surface area contributed by atoms with E-state index < -0.39 is 26.8 Å². The second-order valence-electron chi connectivity index (χ2n) is 10.2. The molecule has 226 valence electrons. The number of nitro benzene ring substituents is 1. The standard InChI is InChI=1S/C33H26N4O7S/c1-21-29(33(43-22(2)38)36(34-21)24-13-7-4-8-14-24)30(23-11-5-3-6-12-23)32-31(27-15-9-10-16-28(27)44-32)35-45(41,42)26-19-17-25(18-20-26)37(39)40/h3-20,30,35H,1-2H3. The molecule has 1 unspecified atom stereocenters. The number of furan rings is 1. The number of anilines is 1. The molecule has 0 fully saturated rings. The number of carbonyl (C=O) groups excluding carboxylic acids is 1. The molecular formula is C33H26N4O7S. The van der Waals surface area contributed by atoms with Gasteiger partial charge >= 0.3 is 5.97 Å². The fourth-order valence-corrected chi connectivity index (χ4v) is 6.33. The fraction of sp³-hybridized carbons (Fsp3) is 0.0909. The van der Waals surface area contributed by atoms with Crippen molar-refractivity contribution in [1.29, 1.82) is 0 Å². The maximum absolute atomic E-state index is 13.7. The number of hydrogen-bond donors (Lipinski definition) is 1. The highest BCUT2D eigenvalue weighted by Gasteiger charge is 2.35. The van der Waals surface area contributed by atoms with Crippen LogP contribution in [-0.4, -0.2) is 29.1 Å². The number of aryl methyl sites for hydroxylation is 1. The highest BCUT2D eigenvalue weighted by Crippen LogP contribution is 2.46. The molecule has 45 heavy (non-hydrogen) atoms. The number of nitrogens with zero attached hydrogens (tertiary/aromatic N) is 3. The average Bonchev–Trinajstić information content (AvgIpc) is 3.55. The van der Waals surface area contributed by atoms with Crippen LogP contribution in [0.3, 0.4) is 0 Å². The smallest absolute Gasteiger partial charge is 0.309 e. The van der Waals surface area contributed by atoms with Crippen LogP contribution < -0.4 is 9.46 Å². The largest absolute Gasteiger partial charge is 0.458 e. The van der Waals surface area contributed by atoms with Gasteiger partial charge in [0, 0.05) is 24.4 Å². The molecule has 0 aliphatic heterocycles. The molecular weight excluding hydrogens is 596 g/mol. The number of aromatic nitrogens is 2. The van der Waals surface area contributed by atoms with Gasteiger partial charge in [-0.2, -0.15) is 5.10 Å². The first-order valence-corrected chi connectivity index (χ1v) is 15.3. The molecule has 12 heteroatoms. The van der Waals surface area contributed by atoms with Crippen LogP contribution in [0.2, 0.25) is 0 Å². The number of nitrogens with one attached hydrogen (secondary N) is 1. The predicted molar refractivity (Wildman–Crippen MR) is 167 cm³/mol. The molecule has 1 N–H and O–H groups in total. The first-order valence-electron chi connectivity index (χ1n) is 13.8. The van der Waals surface area contributed by atoms with E-state index in [4.69, 9.17) is 14.3 Å². The topological polar surface area (TPSA) is 147 Å². The molecule has 0 saturated heterocycles. The number of benzene rings is 4. The minimum Gasteiger partial charge on any atom is -0.458 e. The van der Waals surface area contributed by atoms with Gasteiger partial charge in [-0.15, -0.1) is 0 Å². The van der Waals surface area contributed by atoms with Crippen LogP contribution in [0.25, 0.3) is 16.7 Å². The second kappa shape index (κ2) is 11.7. The van der Waals surface area contributed by atoms with E-state index in [0.717, 1.165) is 17.7 Å². The van der Waals surface area contributed by atoms with E-state index in [2.05, 4.69) is 4.72 Å². The summed E-state index contributed by atoms with van der Waals surface area (Å²) in [6.07, 6.45) is 0. The summed E-state index contributed by atoms with van der Waals surface area (Å²) in [7, 11) is -4.25. The number of sulfonamides is 1. The molecule has 6 aromatic rings. The fourth-order valence-electron chi connectivity index (χ4n) is 5.24. The molecule has 2 heterocycles. The van der Waals surface area contributed by atoms with Gasteiger partial charge in [-0.3, -0.25) is 19.6 Å². The minimum absolute atomic E-state index is 0.157. The predicted octanol–water partition coefficient (Wildman–Crippen LogP) is 6.74. The average molecular weight is 623 g/mol. The van der Waals surface area contributed by atoms with E-state index in [9.17, 15) is 23.3 Å². The molecule has 0 saturated carbocycles. The summed E-state index contributed by atoms with van der Waals surface area (Å²) in [5, 5.41) is 16.4. The van der Waals surface area contributed by atoms with Crippen molar-refractivity contribution in [3.05, 3.63) is 142 Å². The molecule has 2 aromatic heterocycles. The summed E-state index contributed by atoms with van der Waals surface area (Å²) in [5.74, 6) is -0.967. The summed E-state index contributed by atoms with van der Waals surface area (Å²) >= 11 is 0. The van der Waals surface area contributed by atoms with E-state index in [1.54, 1.807) is 31.2 Å². The molecule has 0 aliphatic carbocycles. The summed E-state index contributed by atoms with van der Waals surface area (Å²) in [5.41, 5.74) is 2.73. The lowest BCUT2D eigenvalue weighted by molar-refractivity contribution is -0.384. The van der Waals surface area contributed by atoms with Crippen LogP contribution in [0.4, 0.5) is 11.4 Å². The zero-order valence-electron chi connectivity index (χ0n) is 24.1. The number of rotatable bonds is 9. The van der Waals surface area contributed by atoms with Crippen molar-refractivity contribution >= 4 is 38.3 Å². The summed E-state index contributed by atoms with van der Waals surface area (Å²) in [6.45, 7) is 3.07. The molecule has 0 aliphatic rings. The molecule has 11 nitrogen and oxygen atoms in total.